The second-order valence-corrected chi connectivity index (χ2v) is 7.47. The minimum absolute atomic E-state index is 0.147. The third-order valence-corrected chi connectivity index (χ3v) is 5.70. The van der Waals surface area contributed by atoms with E-state index >= 15 is 0 Å². The Labute approximate surface area is 158 Å². The summed E-state index contributed by atoms with van der Waals surface area (Å²) in [5, 5.41) is 36.0. The van der Waals surface area contributed by atoms with Gasteiger partial charge in [0.15, 0.2) is 0 Å². The lowest BCUT2D eigenvalue weighted by Gasteiger charge is -2.21. The van der Waals surface area contributed by atoms with Gasteiger partial charge in [0.1, 0.15) is 24.1 Å². The standard InChI is InChI=1S/C20H26N4O3/c25-10-13-8-16(20(27)19(13)26)24-18-9-17(21-11-22-18)23-15-7-3-5-12-4-1-2-6-14(12)15/h3,5,7,9,11,13,16,19-20,25-27H,1-2,4,6,8,10H2,(H2,21,22,23,24)/t13-,16-,19-,20+/m1/s1. The van der Waals surface area contributed by atoms with Crippen molar-refractivity contribution in [3.05, 3.63) is 41.7 Å². The van der Waals surface area contributed by atoms with Gasteiger partial charge in [0.2, 0.25) is 0 Å². The van der Waals surface area contributed by atoms with E-state index in [0.29, 0.717) is 18.1 Å². The highest BCUT2D eigenvalue weighted by atomic mass is 16.3. The smallest absolute Gasteiger partial charge is 0.135 e. The molecule has 4 atom stereocenters. The number of nitrogens with zero attached hydrogens (tertiary/aromatic N) is 2. The molecule has 27 heavy (non-hydrogen) atoms. The third kappa shape index (κ3) is 3.76. The Morgan fingerprint density at radius 3 is 2.67 bits per heavy atom. The zero-order valence-electron chi connectivity index (χ0n) is 15.2. The summed E-state index contributed by atoms with van der Waals surface area (Å²) < 4.78 is 0. The van der Waals surface area contributed by atoms with E-state index in [9.17, 15) is 15.3 Å². The van der Waals surface area contributed by atoms with Crippen molar-refractivity contribution in [2.45, 2.75) is 50.4 Å². The largest absolute Gasteiger partial charge is 0.396 e. The van der Waals surface area contributed by atoms with Crippen molar-refractivity contribution in [3.63, 3.8) is 0 Å². The molecule has 4 rings (SSSR count). The molecular weight excluding hydrogens is 344 g/mol. The Kier molecular flexibility index (Phi) is 5.24. The molecule has 1 aromatic heterocycles. The second kappa shape index (κ2) is 7.80. The maximum absolute atomic E-state index is 10.2. The van der Waals surface area contributed by atoms with Crippen molar-refractivity contribution in [2.75, 3.05) is 17.2 Å². The molecule has 7 heteroatoms. The number of aromatic nitrogens is 2. The van der Waals surface area contributed by atoms with Crippen molar-refractivity contribution in [1.29, 1.82) is 0 Å². The number of rotatable bonds is 5. The highest BCUT2D eigenvalue weighted by Gasteiger charge is 2.41. The van der Waals surface area contributed by atoms with Crippen molar-refractivity contribution in [2.24, 2.45) is 5.92 Å². The molecule has 2 aromatic rings. The van der Waals surface area contributed by atoms with Gasteiger partial charge in [0.25, 0.3) is 0 Å². The Morgan fingerprint density at radius 2 is 1.85 bits per heavy atom. The number of hydrogen-bond acceptors (Lipinski definition) is 7. The van der Waals surface area contributed by atoms with Crippen molar-refractivity contribution in [3.8, 4) is 0 Å². The number of hydrogen-bond donors (Lipinski definition) is 5. The molecule has 144 valence electrons. The third-order valence-electron chi connectivity index (χ3n) is 5.70. The van der Waals surface area contributed by atoms with E-state index in [4.69, 9.17) is 0 Å². The van der Waals surface area contributed by atoms with Crippen LogP contribution in [0.25, 0.3) is 0 Å². The van der Waals surface area contributed by atoms with Crippen LogP contribution in [-0.4, -0.2) is 50.1 Å². The van der Waals surface area contributed by atoms with Gasteiger partial charge in [-0.15, -0.1) is 0 Å². The number of benzene rings is 1. The van der Waals surface area contributed by atoms with E-state index in [1.807, 2.05) is 0 Å². The van der Waals surface area contributed by atoms with Crippen LogP contribution in [0.4, 0.5) is 17.3 Å². The summed E-state index contributed by atoms with van der Waals surface area (Å²) in [7, 11) is 0. The van der Waals surface area contributed by atoms with E-state index in [2.05, 4.69) is 38.8 Å². The van der Waals surface area contributed by atoms with Gasteiger partial charge >= 0.3 is 0 Å². The minimum Gasteiger partial charge on any atom is -0.396 e. The van der Waals surface area contributed by atoms with Gasteiger partial charge in [-0.3, -0.25) is 0 Å². The molecule has 1 saturated carbocycles. The SMILES string of the molecule is OC[C@H]1C[C@@H](Nc2cc(Nc3cccc4c3CCCC4)ncn2)[C@H](O)[C@@H]1O. The fourth-order valence-corrected chi connectivity index (χ4v) is 4.18. The van der Waals surface area contributed by atoms with E-state index < -0.39 is 12.2 Å². The van der Waals surface area contributed by atoms with Gasteiger partial charge < -0.3 is 26.0 Å². The Balaban J connectivity index is 1.49. The molecule has 1 heterocycles. The Bertz CT molecular complexity index is 801. The van der Waals surface area contributed by atoms with Crippen LogP contribution in [0, 0.1) is 5.92 Å². The highest BCUT2D eigenvalue weighted by Crippen LogP contribution is 2.31. The molecule has 1 aromatic carbocycles. The average molecular weight is 370 g/mol. The van der Waals surface area contributed by atoms with Crippen molar-refractivity contribution < 1.29 is 15.3 Å². The Morgan fingerprint density at radius 1 is 1.04 bits per heavy atom. The zero-order valence-corrected chi connectivity index (χ0v) is 15.2. The van der Waals surface area contributed by atoms with Crippen LogP contribution < -0.4 is 10.6 Å². The maximum atomic E-state index is 10.2. The number of nitrogens with one attached hydrogen (secondary N) is 2. The van der Waals surface area contributed by atoms with Crippen molar-refractivity contribution in [1.82, 2.24) is 9.97 Å². The first kappa shape index (κ1) is 18.2. The van der Waals surface area contributed by atoms with Crippen LogP contribution in [-0.2, 0) is 12.8 Å². The van der Waals surface area contributed by atoms with E-state index in [0.717, 1.165) is 18.5 Å². The first-order valence-corrected chi connectivity index (χ1v) is 9.59. The molecule has 0 bridgehead atoms. The van der Waals surface area contributed by atoms with E-state index in [1.165, 1.54) is 30.3 Å². The van der Waals surface area contributed by atoms with Gasteiger partial charge in [-0.25, -0.2) is 9.97 Å². The number of anilines is 3. The zero-order chi connectivity index (χ0) is 18.8. The minimum atomic E-state index is -0.935. The van der Waals surface area contributed by atoms with Crippen LogP contribution in [0.5, 0.6) is 0 Å². The molecule has 2 aliphatic rings. The van der Waals surface area contributed by atoms with E-state index in [1.54, 1.807) is 6.07 Å². The first-order valence-electron chi connectivity index (χ1n) is 9.59. The topological polar surface area (TPSA) is 111 Å². The molecule has 0 radical (unpaired) electrons. The monoisotopic (exact) mass is 370 g/mol. The summed E-state index contributed by atoms with van der Waals surface area (Å²) in [5.74, 6) is 0.929. The summed E-state index contributed by atoms with van der Waals surface area (Å²) in [6.07, 6.45) is 4.73. The quantitative estimate of drug-likeness (QED) is 0.544. The van der Waals surface area contributed by atoms with Crippen LogP contribution in [0.1, 0.15) is 30.4 Å². The van der Waals surface area contributed by atoms with Gasteiger partial charge in [0.05, 0.1) is 12.1 Å². The van der Waals surface area contributed by atoms with Crippen molar-refractivity contribution >= 4 is 17.3 Å². The van der Waals surface area contributed by atoms with Gasteiger partial charge in [-0.2, -0.15) is 0 Å². The van der Waals surface area contributed by atoms with Gasteiger partial charge in [-0.05, 0) is 49.3 Å². The number of aliphatic hydroxyl groups excluding tert-OH is 3. The molecular formula is C20H26N4O3. The molecule has 0 unspecified atom stereocenters. The highest BCUT2D eigenvalue weighted by molar-refractivity contribution is 5.64. The molecule has 0 saturated heterocycles. The normalized spacial score (nSPS) is 27.2. The fraction of sp³-hybridized carbons (Fsp3) is 0.500. The summed E-state index contributed by atoms with van der Waals surface area (Å²) in [6.45, 7) is -0.147. The lowest BCUT2D eigenvalue weighted by atomic mass is 9.90. The molecule has 0 aliphatic heterocycles. The second-order valence-electron chi connectivity index (χ2n) is 7.47. The fourth-order valence-electron chi connectivity index (χ4n) is 4.18. The summed E-state index contributed by atoms with van der Waals surface area (Å²) in [4.78, 5) is 8.53. The van der Waals surface area contributed by atoms with Crippen LogP contribution in [0.15, 0.2) is 30.6 Å². The van der Waals surface area contributed by atoms with Crippen LogP contribution in [0.2, 0.25) is 0 Å². The first-order chi connectivity index (χ1) is 13.2. The van der Waals surface area contributed by atoms with Gasteiger partial charge in [-0.1, -0.05) is 12.1 Å². The van der Waals surface area contributed by atoms with Gasteiger partial charge in [0, 0.05) is 24.3 Å². The molecule has 1 fully saturated rings. The number of aryl methyl sites for hydroxylation is 1. The predicted molar refractivity (Wildman–Crippen MR) is 103 cm³/mol. The summed E-state index contributed by atoms with van der Waals surface area (Å²) in [5.41, 5.74) is 3.84. The summed E-state index contributed by atoms with van der Waals surface area (Å²) >= 11 is 0. The van der Waals surface area contributed by atoms with Crippen LogP contribution in [0.3, 0.4) is 0 Å². The van der Waals surface area contributed by atoms with Crippen LogP contribution >= 0.6 is 0 Å². The average Bonchev–Trinajstić information content (AvgIpc) is 2.96. The number of fused-ring (bicyclic) bond motifs is 1. The van der Waals surface area contributed by atoms with E-state index in [-0.39, 0.29) is 18.6 Å². The molecule has 0 spiro atoms. The molecule has 2 aliphatic carbocycles. The maximum Gasteiger partial charge on any atom is 0.135 e. The molecule has 0 amide bonds. The lowest BCUT2D eigenvalue weighted by molar-refractivity contribution is 0.00445. The summed E-state index contributed by atoms with van der Waals surface area (Å²) in [6, 6.07) is 7.77. The lowest BCUT2D eigenvalue weighted by Crippen LogP contribution is -2.35. The Hall–Kier alpha value is -2.22. The molecule has 7 nitrogen and oxygen atoms in total. The predicted octanol–water partition coefficient (Wildman–Crippen LogP) is 1.61. The number of aliphatic hydroxyl groups is 3. The molecule has 5 N–H and O–H groups in total.